The van der Waals surface area contributed by atoms with Crippen LogP contribution in [0.25, 0.3) is 5.76 Å². The SMILES string of the molecule is Cc1ccsc1C1/C(=C(/O)c2ccc3c(c2)CCCO3)C(=O)C(=O)N1C1CCCC1. The second-order valence-electron chi connectivity index (χ2n) is 8.39. The Balaban J connectivity index is 1.65. The molecule has 1 atom stereocenters. The van der Waals surface area contributed by atoms with E-state index >= 15 is 0 Å². The van der Waals surface area contributed by atoms with Crippen molar-refractivity contribution >= 4 is 28.8 Å². The molecule has 1 aromatic carbocycles. The highest BCUT2D eigenvalue weighted by atomic mass is 32.1. The number of ketones is 1. The summed E-state index contributed by atoms with van der Waals surface area (Å²) < 4.78 is 5.68. The van der Waals surface area contributed by atoms with Gasteiger partial charge in [0, 0.05) is 16.5 Å². The number of carbonyl (C=O) groups is 2. The van der Waals surface area contributed by atoms with Crippen LogP contribution in [0.4, 0.5) is 0 Å². The first kappa shape index (κ1) is 19.4. The monoisotopic (exact) mass is 423 g/mol. The van der Waals surface area contributed by atoms with Crippen molar-refractivity contribution in [3.05, 3.63) is 56.8 Å². The average Bonchev–Trinajstić information content (AvgIpc) is 3.48. The van der Waals surface area contributed by atoms with E-state index in [2.05, 4.69) is 0 Å². The van der Waals surface area contributed by atoms with E-state index in [4.69, 9.17) is 4.74 Å². The number of ether oxygens (including phenoxy) is 1. The molecule has 1 saturated heterocycles. The molecule has 1 aromatic heterocycles. The summed E-state index contributed by atoms with van der Waals surface area (Å²) in [5, 5.41) is 13.3. The molecule has 5 nitrogen and oxygen atoms in total. The highest BCUT2D eigenvalue weighted by Crippen LogP contribution is 2.46. The predicted molar refractivity (Wildman–Crippen MR) is 116 cm³/mol. The first-order chi connectivity index (χ1) is 14.6. The van der Waals surface area contributed by atoms with Crippen LogP contribution in [-0.4, -0.2) is 34.3 Å². The van der Waals surface area contributed by atoms with E-state index in [1.807, 2.05) is 30.5 Å². The van der Waals surface area contributed by atoms with Gasteiger partial charge in [0.05, 0.1) is 12.2 Å². The van der Waals surface area contributed by atoms with Gasteiger partial charge >= 0.3 is 0 Å². The minimum absolute atomic E-state index is 0.0511. The lowest BCUT2D eigenvalue weighted by Crippen LogP contribution is -2.37. The Morgan fingerprint density at radius 1 is 1.17 bits per heavy atom. The highest BCUT2D eigenvalue weighted by molar-refractivity contribution is 7.10. The number of Topliss-reactive ketones (excluding diaryl/α,β-unsaturated/α-hetero) is 1. The molecule has 1 N–H and O–H groups in total. The Hall–Kier alpha value is -2.60. The number of likely N-dealkylation sites (tertiary alicyclic amines) is 1. The first-order valence-electron chi connectivity index (χ1n) is 10.7. The van der Waals surface area contributed by atoms with Gasteiger partial charge in [0.25, 0.3) is 11.7 Å². The van der Waals surface area contributed by atoms with Crippen molar-refractivity contribution in [2.75, 3.05) is 6.61 Å². The molecule has 156 valence electrons. The minimum atomic E-state index is -0.578. The maximum absolute atomic E-state index is 13.2. The number of benzene rings is 1. The Morgan fingerprint density at radius 3 is 2.70 bits per heavy atom. The van der Waals surface area contributed by atoms with E-state index in [0.717, 1.165) is 60.3 Å². The molecule has 1 unspecified atom stereocenters. The van der Waals surface area contributed by atoms with E-state index in [1.165, 1.54) is 0 Å². The van der Waals surface area contributed by atoms with E-state index in [-0.39, 0.29) is 17.4 Å². The molecule has 1 aliphatic carbocycles. The lowest BCUT2D eigenvalue weighted by molar-refractivity contribution is -0.141. The van der Waals surface area contributed by atoms with Gasteiger partial charge in [-0.25, -0.2) is 0 Å². The van der Waals surface area contributed by atoms with Crippen LogP contribution in [0.5, 0.6) is 5.75 Å². The molecule has 3 heterocycles. The Morgan fingerprint density at radius 2 is 1.97 bits per heavy atom. The van der Waals surface area contributed by atoms with Crippen molar-refractivity contribution in [1.82, 2.24) is 4.90 Å². The molecule has 1 amide bonds. The fourth-order valence-corrected chi connectivity index (χ4v) is 6.03. The molecule has 2 aromatic rings. The summed E-state index contributed by atoms with van der Waals surface area (Å²) in [6.07, 6.45) is 5.75. The van der Waals surface area contributed by atoms with Crippen LogP contribution in [0.15, 0.2) is 35.2 Å². The Labute approximate surface area is 180 Å². The molecule has 6 heteroatoms. The van der Waals surface area contributed by atoms with Crippen molar-refractivity contribution < 1.29 is 19.4 Å². The number of fused-ring (bicyclic) bond motifs is 1. The lowest BCUT2D eigenvalue weighted by Gasteiger charge is -2.30. The molecule has 1 saturated carbocycles. The van der Waals surface area contributed by atoms with Gasteiger partial charge in [0.15, 0.2) is 0 Å². The van der Waals surface area contributed by atoms with E-state index < -0.39 is 17.7 Å². The smallest absolute Gasteiger partial charge is 0.295 e. The molecular weight excluding hydrogens is 398 g/mol. The van der Waals surface area contributed by atoms with Gasteiger partial charge < -0.3 is 14.7 Å². The predicted octanol–water partition coefficient (Wildman–Crippen LogP) is 4.75. The molecule has 2 aliphatic heterocycles. The van der Waals surface area contributed by atoms with E-state index in [0.29, 0.717) is 12.2 Å². The van der Waals surface area contributed by atoms with Gasteiger partial charge in [0.1, 0.15) is 17.6 Å². The maximum atomic E-state index is 13.2. The third-order valence-electron chi connectivity index (χ3n) is 6.53. The number of aryl methyl sites for hydroxylation is 2. The number of amides is 1. The quantitative estimate of drug-likeness (QED) is 0.440. The van der Waals surface area contributed by atoms with Gasteiger partial charge in [-0.1, -0.05) is 12.8 Å². The lowest BCUT2D eigenvalue weighted by atomic mass is 9.96. The topological polar surface area (TPSA) is 66.8 Å². The van der Waals surface area contributed by atoms with Gasteiger partial charge in [-0.15, -0.1) is 11.3 Å². The van der Waals surface area contributed by atoms with Crippen molar-refractivity contribution in [1.29, 1.82) is 0 Å². The number of hydrogen-bond donors (Lipinski definition) is 1. The van der Waals surface area contributed by atoms with Gasteiger partial charge in [-0.2, -0.15) is 0 Å². The summed E-state index contributed by atoms with van der Waals surface area (Å²) in [5.74, 6) is -0.316. The van der Waals surface area contributed by atoms with Crippen molar-refractivity contribution in [3.8, 4) is 5.75 Å². The average molecular weight is 424 g/mol. The summed E-state index contributed by atoms with van der Waals surface area (Å²) in [6.45, 7) is 2.69. The number of aliphatic hydroxyl groups excluding tert-OH is 1. The Kier molecular flexibility index (Phi) is 4.89. The normalized spacial score (nSPS) is 23.6. The second-order valence-corrected chi connectivity index (χ2v) is 9.33. The summed E-state index contributed by atoms with van der Waals surface area (Å²) in [6, 6.07) is 7.06. The largest absolute Gasteiger partial charge is 0.507 e. The third-order valence-corrected chi connectivity index (χ3v) is 7.60. The molecule has 0 bridgehead atoms. The summed E-state index contributed by atoms with van der Waals surface area (Å²) in [5.41, 5.74) is 2.86. The fraction of sp³-hybridized carbons (Fsp3) is 0.417. The third kappa shape index (κ3) is 3.05. The van der Waals surface area contributed by atoms with Crippen LogP contribution in [0.1, 0.15) is 59.7 Å². The number of hydrogen-bond acceptors (Lipinski definition) is 5. The minimum Gasteiger partial charge on any atom is -0.507 e. The van der Waals surface area contributed by atoms with Crippen molar-refractivity contribution in [2.24, 2.45) is 0 Å². The van der Waals surface area contributed by atoms with Crippen molar-refractivity contribution in [2.45, 2.75) is 57.5 Å². The first-order valence-corrected chi connectivity index (χ1v) is 11.5. The van der Waals surface area contributed by atoms with Crippen LogP contribution in [-0.2, 0) is 16.0 Å². The number of nitrogens with zero attached hydrogens (tertiary/aromatic N) is 1. The summed E-state index contributed by atoms with van der Waals surface area (Å²) in [7, 11) is 0. The van der Waals surface area contributed by atoms with E-state index in [9.17, 15) is 14.7 Å². The second kappa shape index (κ2) is 7.58. The molecule has 0 spiro atoms. The van der Waals surface area contributed by atoms with E-state index in [1.54, 1.807) is 22.3 Å². The number of carbonyl (C=O) groups excluding carboxylic acids is 2. The number of aliphatic hydroxyl groups is 1. The van der Waals surface area contributed by atoms with Gasteiger partial charge in [-0.3, -0.25) is 9.59 Å². The zero-order valence-corrected chi connectivity index (χ0v) is 17.8. The van der Waals surface area contributed by atoms with Crippen LogP contribution in [0.2, 0.25) is 0 Å². The highest BCUT2D eigenvalue weighted by Gasteiger charge is 2.50. The zero-order chi connectivity index (χ0) is 20.8. The Bertz CT molecular complexity index is 1050. The van der Waals surface area contributed by atoms with Crippen molar-refractivity contribution in [3.63, 3.8) is 0 Å². The summed E-state index contributed by atoms with van der Waals surface area (Å²) in [4.78, 5) is 29.0. The van der Waals surface area contributed by atoms with Crippen LogP contribution in [0.3, 0.4) is 0 Å². The summed E-state index contributed by atoms with van der Waals surface area (Å²) >= 11 is 1.54. The molecular formula is C24H25NO4S. The molecule has 30 heavy (non-hydrogen) atoms. The molecule has 0 radical (unpaired) electrons. The molecule has 3 aliphatic rings. The fourth-order valence-electron chi connectivity index (χ4n) is 4.99. The van der Waals surface area contributed by atoms with Gasteiger partial charge in [-0.05, 0) is 73.4 Å². The number of thiophene rings is 1. The molecule has 5 rings (SSSR count). The zero-order valence-electron chi connectivity index (χ0n) is 17.0. The standard InChI is InChI=1S/C24H25NO4S/c1-14-10-12-30-23(14)20-19(22(27)24(28)25(20)17-6-2-3-7-17)21(26)16-8-9-18-15(13-16)5-4-11-29-18/h8-10,12-13,17,20,26H,2-7,11H2,1H3/b21-19-. The van der Waals surface area contributed by atoms with Crippen LogP contribution < -0.4 is 4.74 Å². The van der Waals surface area contributed by atoms with Gasteiger partial charge in [0.2, 0.25) is 0 Å². The maximum Gasteiger partial charge on any atom is 0.295 e. The van der Waals surface area contributed by atoms with Crippen LogP contribution in [0, 0.1) is 6.92 Å². The van der Waals surface area contributed by atoms with Crippen LogP contribution >= 0.6 is 11.3 Å². The number of rotatable bonds is 3. The molecule has 2 fully saturated rings.